The lowest BCUT2D eigenvalue weighted by atomic mass is 9.92. The molecule has 1 aliphatic rings. The van der Waals surface area contributed by atoms with Gasteiger partial charge in [-0.25, -0.2) is 18.6 Å². The third-order valence-corrected chi connectivity index (χ3v) is 4.97. The van der Waals surface area contributed by atoms with E-state index in [4.69, 9.17) is 9.47 Å². The van der Waals surface area contributed by atoms with Gasteiger partial charge in [-0.3, -0.25) is 0 Å². The summed E-state index contributed by atoms with van der Waals surface area (Å²) in [6.45, 7) is 0.364. The van der Waals surface area contributed by atoms with E-state index >= 15 is 0 Å². The molecule has 0 aliphatic carbocycles. The maximum atomic E-state index is 14.7. The summed E-state index contributed by atoms with van der Waals surface area (Å²) in [6.07, 6.45) is 2.60. The second-order valence-electron chi connectivity index (χ2n) is 6.73. The highest BCUT2D eigenvalue weighted by Crippen LogP contribution is 2.41. The van der Waals surface area contributed by atoms with E-state index in [1.54, 1.807) is 17.0 Å². The molecule has 29 heavy (non-hydrogen) atoms. The predicted molar refractivity (Wildman–Crippen MR) is 100 cm³/mol. The van der Waals surface area contributed by atoms with Gasteiger partial charge in [-0.15, -0.1) is 0 Å². The molecule has 0 unspecified atom stereocenters. The molecule has 4 rings (SSSR count). The number of imidazole rings is 1. The lowest BCUT2D eigenvalue weighted by Gasteiger charge is -2.21. The van der Waals surface area contributed by atoms with Crippen LogP contribution >= 0.6 is 0 Å². The van der Waals surface area contributed by atoms with Gasteiger partial charge < -0.3 is 19.4 Å². The molecule has 1 aliphatic heterocycles. The van der Waals surface area contributed by atoms with Crippen molar-refractivity contribution < 1.29 is 23.0 Å². The number of carbonyl (C=O) groups is 1. The average molecular weight is 399 g/mol. The van der Waals surface area contributed by atoms with E-state index in [0.29, 0.717) is 5.82 Å². The maximum Gasteiger partial charge on any atom is 0.408 e. The molecule has 2 aromatic carbocycles. The normalized spacial score (nSPS) is 17.6. The van der Waals surface area contributed by atoms with Gasteiger partial charge in [-0.2, -0.15) is 0 Å². The fraction of sp³-hybridized carbons (Fsp3) is 0.238. The molecule has 1 N–H and O–H groups in total. The topological polar surface area (TPSA) is 65.4 Å². The number of nitrogens with one attached hydrogen (secondary N) is 1. The van der Waals surface area contributed by atoms with E-state index in [-0.39, 0.29) is 24.5 Å². The number of benzene rings is 2. The molecule has 3 aromatic rings. The molecule has 0 spiro atoms. The summed E-state index contributed by atoms with van der Waals surface area (Å²) in [4.78, 5) is 16.6. The Balaban J connectivity index is 1.56. The minimum Gasteiger partial charge on any atom is -0.497 e. The Morgan fingerprint density at radius 3 is 2.66 bits per heavy atom. The van der Waals surface area contributed by atoms with Crippen LogP contribution in [0.3, 0.4) is 0 Å². The summed E-state index contributed by atoms with van der Waals surface area (Å²) in [5.41, 5.74) is 0.712. The predicted octanol–water partition coefficient (Wildman–Crippen LogP) is 3.93. The van der Waals surface area contributed by atoms with Crippen LogP contribution in [0.1, 0.15) is 28.9 Å². The summed E-state index contributed by atoms with van der Waals surface area (Å²) < 4.78 is 41.3. The molecular formula is C21H19F2N3O3. The number of amides is 1. The van der Waals surface area contributed by atoms with Gasteiger partial charge in [0.05, 0.1) is 13.2 Å². The highest BCUT2D eigenvalue weighted by molar-refractivity contribution is 5.68. The number of aromatic nitrogens is 2. The van der Waals surface area contributed by atoms with Gasteiger partial charge in [0.1, 0.15) is 29.8 Å². The number of nitrogens with zero attached hydrogens (tertiary/aromatic N) is 2. The van der Waals surface area contributed by atoms with Crippen LogP contribution in [0.15, 0.2) is 54.9 Å². The number of fused-ring (bicyclic) bond motifs is 1. The second-order valence-corrected chi connectivity index (χ2v) is 6.73. The molecule has 0 saturated heterocycles. The number of alkyl carbamates (subject to hydrolysis) is 1. The van der Waals surface area contributed by atoms with Gasteiger partial charge >= 0.3 is 6.09 Å². The molecular weight excluding hydrogens is 380 g/mol. The Hall–Kier alpha value is -3.42. The quantitative estimate of drug-likeness (QED) is 0.706. The van der Waals surface area contributed by atoms with Crippen molar-refractivity contribution in [1.29, 1.82) is 0 Å². The number of methoxy groups -OCH3 is 1. The first-order valence-corrected chi connectivity index (χ1v) is 9.08. The van der Waals surface area contributed by atoms with Gasteiger partial charge in [-0.05, 0) is 5.56 Å². The van der Waals surface area contributed by atoms with Crippen LogP contribution in [-0.4, -0.2) is 22.8 Å². The summed E-state index contributed by atoms with van der Waals surface area (Å²) in [7, 11) is 1.34. The molecule has 0 saturated carbocycles. The Labute approximate surface area is 166 Å². The van der Waals surface area contributed by atoms with Gasteiger partial charge in [0.2, 0.25) is 0 Å². The summed E-state index contributed by atoms with van der Waals surface area (Å²) >= 11 is 0. The molecule has 0 radical (unpaired) electrons. The lowest BCUT2D eigenvalue weighted by molar-refractivity contribution is 0.134. The third-order valence-electron chi connectivity index (χ3n) is 4.97. The minimum absolute atomic E-state index is 0.0871. The van der Waals surface area contributed by atoms with E-state index in [1.807, 2.05) is 30.3 Å². The molecule has 150 valence electrons. The summed E-state index contributed by atoms with van der Waals surface area (Å²) in [5.74, 6) is -1.54. The van der Waals surface area contributed by atoms with Crippen LogP contribution in [0.2, 0.25) is 0 Å². The fourth-order valence-corrected chi connectivity index (χ4v) is 3.60. The molecule has 2 atom stereocenters. The molecule has 6 nitrogen and oxygen atoms in total. The Morgan fingerprint density at radius 1 is 1.24 bits per heavy atom. The van der Waals surface area contributed by atoms with Crippen LogP contribution < -0.4 is 10.1 Å². The zero-order valence-corrected chi connectivity index (χ0v) is 15.6. The van der Waals surface area contributed by atoms with E-state index in [0.717, 1.165) is 17.7 Å². The first-order chi connectivity index (χ1) is 14.1. The van der Waals surface area contributed by atoms with Gasteiger partial charge in [0, 0.05) is 42.6 Å². The monoisotopic (exact) mass is 399 g/mol. The Kier molecular flexibility index (Phi) is 5.16. The molecule has 1 aromatic heterocycles. The maximum absolute atomic E-state index is 14.7. The van der Waals surface area contributed by atoms with E-state index in [2.05, 4.69) is 10.3 Å². The van der Waals surface area contributed by atoms with Crippen molar-refractivity contribution in [2.24, 2.45) is 0 Å². The van der Waals surface area contributed by atoms with Crippen LogP contribution in [0.5, 0.6) is 5.75 Å². The Bertz CT molecular complexity index is 1000. The van der Waals surface area contributed by atoms with Crippen LogP contribution in [0, 0.1) is 11.6 Å². The van der Waals surface area contributed by atoms with Crippen molar-refractivity contribution in [3.63, 3.8) is 0 Å². The third kappa shape index (κ3) is 3.78. The van der Waals surface area contributed by atoms with Crippen molar-refractivity contribution in [1.82, 2.24) is 14.9 Å². The number of halogens is 2. The fourth-order valence-electron chi connectivity index (χ4n) is 3.60. The molecule has 2 heterocycles. The first kappa shape index (κ1) is 18.9. The van der Waals surface area contributed by atoms with Crippen molar-refractivity contribution in [3.8, 4) is 5.75 Å². The molecule has 0 bridgehead atoms. The van der Waals surface area contributed by atoms with Gasteiger partial charge in [-0.1, -0.05) is 30.3 Å². The second kappa shape index (κ2) is 7.90. The number of carbonyl (C=O) groups excluding carboxylic acids is 1. The minimum atomic E-state index is -0.734. The molecule has 1 amide bonds. The number of hydrogen-bond acceptors (Lipinski definition) is 4. The van der Waals surface area contributed by atoms with Gasteiger partial charge in [0.15, 0.2) is 0 Å². The van der Waals surface area contributed by atoms with Gasteiger partial charge in [0.25, 0.3) is 0 Å². The summed E-state index contributed by atoms with van der Waals surface area (Å²) in [6, 6.07) is 10.7. The van der Waals surface area contributed by atoms with Crippen molar-refractivity contribution in [3.05, 3.63) is 83.4 Å². The van der Waals surface area contributed by atoms with Crippen molar-refractivity contribution in [2.75, 3.05) is 7.11 Å². The summed E-state index contributed by atoms with van der Waals surface area (Å²) in [5, 5.41) is 2.71. The van der Waals surface area contributed by atoms with Crippen molar-refractivity contribution >= 4 is 6.09 Å². The largest absolute Gasteiger partial charge is 0.497 e. The number of rotatable bonds is 5. The average Bonchev–Trinajstić information content (AvgIpc) is 3.29. The van der Waals surface area contributed by atoms with Crippen LogP contribution in [-0.2, 0) is 17.9 Å². The van der Waals surface area contributed by atoms with E-state index in [9.17, 15) is 13.6 Å². The zero-order valence-electron chi connectivity index (χ0n) is 15.6. The lowest BCUT2D eigenvalue weighted by Crippen LogP contribution is -2.32. The molecule has 0 fully saturated rings. The van der Waals surface area contributed by atoms with E-state index < -0.39 is 29.7 Å². The van der Waals surface area contributed by atoms with E-state index in [1.165, 1.54) is 7.11 Å². The SMILES string of the molecule is COc1cc(F)c([C@@H]2Cn3ccnc3[C@H]2NC(=O)OCc2ccccc2)c(F)c1. The zero-order chi connectivity index (χ0) is 20.4. The highest BCUT2D eigenvalue weighted by Gasteiger charge is 2.39. The van der Waals surface area contributed by atoms with Crippen LogP contribution in [0.25, 0.3) is 0 Å². The first-order valence-electron chi connectivity index (χ1n) is 9.08. The highest BCUT2D eigenvalue weighted by atomic mass is 19.1. The Morgan fingerprint density at radius 2 is 1.97 bits per heavy atom. The van der Waals surface area contributed by atoms with Crippen LogP contribution in [0.4, 0.5) is 13.6 Å². The standard InChI is InChI=1S/C21H19F2N3O3/c1-28-14-9-16(22)18(17(23)10-14)15-11-26-8-7-24-20(26)19(15)25-21(27)29-12-13-5-3-2-4-6-13/h2-10,15,19H,11-12H2,1H3,(H,25,27)/t15-,19-/m0/s1. The molecule has 8 heteroatoms. The smallest absolute Gasteiger partial charge is 0.408 e. The number of hydrogen-bond donors (Lipinski definition) is 1. The number of ether oxygens (including phenoxy) is 2. The van der Waals surface area contributed by atoms with Crippen molar-refractivity contribution in [2.45, 2.75) is 25.1 Å².